The number of benzene rings is 1. The van der Waals surface area contributed by atoms with E-state index in [1.165, 1.54) is 29.2 Å². The van der Waals surface area contributed by atoms with Crippen LogP contribution in [-0.4, -0.2) is 52.5 Å². The van der Waals surface area contributed by atoms with Gasteiger partial charge in [0.05, 0.1) is 18.6 Å². The van der Waals surface area contributed by atoms with Crippen LogP contribution in [0.1, 0.15) is 44.1 Å². The van der Waals surface area contributed by atoms with Gasteiger partial charge in [0.2, 0.25) is 0 Å². The molecule has 1 aliphatic heterocycles. The van der Waals surface area contributed by atoms with Crippen LogP contribution in [0, 0.1) is 11.8 Å². The number of carbonyl (C=O) groups excluding carboxylic acids is 1. The summed E-state index contributed by atoms with van der Waals surface area (Å²) in [5.41, 5.74) is -0.305. The van der Waals surface area contributed by atoms with E-state index in [2.05, 4.69) is 15.9 Å². The molecule has 2 N–H and O–H groups in total. The number of aliphatic carboxylic acids is 1. The standard InChI is InChI=1S/C23H28BrF2NO5/c24-18-3-1-2-17(14-18)23(25,26)20(28)9-8-19-11-13-32-22(31)27(19)12-10-15-4-6-16(7-5-15)21(29)30/h1-3,8-9,14-16,19-20,28H,4-7,10-13H2,(H,29,30)/b9-8+/t15?,16?,19-,20+/m0/s1. The Labute approximate surface area is 194 Å². The molecule has 0 spiro atoms. The Morgan fingerprint density at radius 1 is 1.28 bits per heavy atom. The van der Waals surface area contributed by atoms with Gasteiger partial charge in [-0.05, 0) is 50.2 Å². The lowest BCUT2D eigenvalue weighted by Gasteiger charge is -2.35. The smallest absolute Gasteiger partial charge is 0.410 e. The van der Waals surface area contributed by atoms with Crippen molar-refractivity contribution in [3.8, 4) is 0 Å². The molecular formula is C23H28BrF2NO5. The van der Waals surface area contributed by atoms with Crippen molar-refractivity contribution in [1.29, 1.82) is 0 Å². The zero-order valence-corrected chi connectivity index (χ0v) is 19.2. The summed E-state index contributed by atoms with van der Waals surface area (Å²) in [6, 6.07) is 5.18. The van der Waals surface area contributed by atoms with Gasteiger partial charge in [0.25, 0.3) is 0 Å². The lowest BCUT2D eigenvalue weighted by molar-refractivity contribution is -0.143. The molecule has 0 bridgehead atoms. The first-order valence-corrected chi connectivity index (χ1v) is 11.6. The zero-order valence-electron chi connectivity index (χ0n) is 17.6. The number of carbonyl (C=O) groups is 2. The van der Waals surface area contributed by atoms with E-state index in [4.69, 9.17) is 9.84 Å². The molecule has 1 amide bonds. The number of hydrogen-bond acceptors (Lipinski definition) is 4. The highest BCUT2D eigenvalue weighted by Gasteiger charge is 2.39. The normalized spacial score (nSPS) is 25.6. The van der Waals surface area contributed by atoms with E-state index in [9.17, 15) is 23.5 Å². The molecule has 1 saturated heterocycles. The van der Waals surface area contributed by atoms with Gasteiger partial charge in [-0.1, -0.05) is 40.2 Å². The van der Waals surface area contributed by atoms with E-state index in [1.54, 1.807) is 6.07 Å². The molecule has 9 heteroatoms. The summed E-state index contributed by atoms with van der Waals surface area (Å²) >= 11 is 3.16. The van der Waals surface area contributed by atoms with E-state index in [-0.39, 0.29) is 18.1 Å². The monoisotopic (exact) mass is 515 g/mol. The maximum absolute atomic E-state index is 14.7. The third kappa shape index (κ3) is 6.07. The van der Waals surface area contributed by atoms with Crippen molar-refractivity contribution in [3.05, 3.63) is 46.5 Å². The fraction of sp³-hybridized carbons (Fsp3) is 0.565. The van der Waals surface area contributed by atoms with Crippen LogP contribution in [0.3, 0.4) is 0 Å². The van der Waals surface area contributed by atoms with Gasteiger partial charge < -0.3 is 19.8 Å². The Balaban J connectivity index is 1.60. The van der Waals surface area contributed by atoms with Crippen LogP contribution in [0.2, 0.25) is 0 Å². The van der Waals surface area contributed by atoms with E-state index in [0.717, 1.165) is 18.9 Å². The SMILES string of the molecule is O=C(O)C1CCC(CCN2C(=O)OCC[C@@H]2/C=C/[C@@H](O)C(F)(F)c2cccc(Br)c2)CC1. The number of aliphatic hydroxyl groups excluding tert-OH is 1. The van der Waals surface area contributed by atoms with Gasteiger partial charge in [-0.3, -0.25) is 4.79 Å². The van der Waals surface area contributed by atoms with Crippen molar-refractivity contribution < 1.29 is 33.3 Å². The molecule has 2 aliphatic rings. The highest BCUT2D eigenvalue weighted by Crippen LogP contribution is 2.34. The molecule has 32 heavy (non-hydrogen) atoms. The van der Waals surface area contributed by atoms with Gasteiger partial charge >= 0.3 is 18.0 Å². The third-order valence-corrected chi connectivity index (χ3v) is 6.84. The number of rotatable bonds is 8. The number of cyclic esters (lactones) is 1. The average Bonchev–Trinajstić information content (AvgIpc) is 2.77. The molecule has 1 saturated carbocycles. The van der Waals surface area contributed by atoms with Gasteiger partial charge in [0.1, 0.15) is 6.10 Å². The molecule has 176 valence electrons. The van der Waals surface area contributed by atoms with E-state index >= 15 is 0 Å². The summed E-state index contributed by atoms with van der Waals surface area (Å²) in [6.45, 7) is 0.584. The van der Waals surface area contributed by atoms with Crippen LogP contribution in [0.25, 0.3) is 0 Å². The molecule has 1 heterocycles. The van der Waals surface area contributed by atoms with Crippen molar-refractivity contribution in [2.75, 3.05) is 13.2 Å². The Bertz CT molecular complexity index is 841. The fourth-order valence-electron chi connectivity index (χ4n) is 4.34. The first-order valence-electron chi connectivity index (χ1n) is 10.8. The molecule has 3 rings (SSSR count). The quantitative estimate of drug-likeness (QED) is 0.478. The second kappa shape index (κ2) is 10.7. The number of amides is 1. The summed E-state index contributed by atoms with van der Waals surface area (Å²) < 4.78 is 35.0. The molecule has 1 aliphatic carbocycles. The van der Waals surface area contributed by atoms with Gasteiger partial charge in [-0.25, -0.2) is 4.79 Å². The predicted molar refractivity (Wildman–Crippen MR) is 117 cm³/mol. The molecule has 2 atom stereocenters. The maximum Gasteiger partial charge on any atom is 0.410 e. The van der Waals surface area contributed by atoms with Crippen LogP contribution in [0.15, 0.2) is 40.9 Å². The van der Waals surface area contributed by atoms with Crippen molar-refractivity contribution in [2.45, 2.75) is 56.6 Å². The lowest BCUT2D eigenvalue weighted by atomic mass is 9.80. The van der Waals surface area contributed by atoms with Gasteiger partial charge in [0, 0.05) is 23.0 Å². The minimum atomic E-state index is -3.48. The van der Waals surface area contributed by atoms with E-state index in [0.29, 0.717) is 42.6 Å². The molecule has 1 aromatic carbocycles. The first-order chi connectivity index (χ1) is 15.2. The summed E-state index contributed by atoms with van der Waals surface area (Å²) in [4.78, 5) is 24.9. The molecule has 0 aromatic heterocycles. The third-order valence-electron chi connectivity index (χ3n) is 6.34. The number of halogens is 3. The Morgan fingerprint density at radius 2 is 2.00 bits per heavy atom. The van der Waals surface area contributed by atoms with E-state index < -0.39 is 30.1 Å². The molecule has 0 radical (unpaired) electrons. The maximum atomic E-state index is 14.7. The average molecular weight is 516 g/mol. The second-order valence-electron chi connectivity index (χ2n) is 8.47. The van der Waals surface area contributed by atoms with Crippen LogP contribution in [0.5, 0.6) is 0 Å². The summed E-state index contributed by atoms with van der Waals surface area (Å²) in [7, 11) is 0. The number of carboxylic acid groups (broad SMARTS) is 1. The summed E-state index contributed by atoms with van der Waals surface area (Å²) in [5, 5.41) is 19.3. The number of carboxylic acids is 1. The number of hydrogen-bond donors (Lipinski definition) is 2. The van der Waals surface area contributed by atoms with E-state index in [1.807, 2.05) is 0 Å². The molecule has 0 unspecified atom stereocenters. The topological polar surface area (TPSA) is 87.1 Å². The fourth-order valence-corrected chi connectivity index (χ4v) is 4.74. The number of alkyl halides is 2. The minimum absolute atomic E-state index is 0.187. The van der Waals surface area contributed by atoms with Crippen molar-refractivity contribution in [3.63, 3.8) is 0 Å². The van der Waals surface area contributed by atoms with Crippen LogP contribution < -0.4 is 0 Å². The summed E-state index contributed by atoms with van der Waals surface area (Å²) in [6.07, 6.45) is 3.95. The Kier molecular flexibility index (Phi) is 8.27. The van der Waals surface area contributed by atoms with Crippen LogP contribution >= 0.6 is 15.9 Å². The highest BCUT2D eigenvalue weighted by atomic mass is 79.9. The largest absolute Gasteiger partial charge is 0.481 e. The summed E-state index contributed by atoms with van der Waals surface area (Å²) in [5.74, 6) is -4.22. The number of nitrogens with zero attached hydrogens (tertiary/aromatic N) is 1. The zero-order chi connectivity index (χ0) is 23.3. The van der Waals surface area contributed by atoms with Crippen LogP contribution in [-0.2, 0) is 15.5 Å². The van der Waals surface area contributed by atoms with Crippen molar-refractivity contribution >= 4 is 28.0 Å². The van der Waals surface area contributed by atoms with Crippen molar-refractivity contribution in [2.24, 2.45) is 11.8 Å². The lowest BCUT2D eigenvalue weighted by Crippen LogP contribution is -2.46. The van der Waals surface area contributed by atoms with Gasteiger partial charge in [-0.2, -0.15) is 8.78 Å². The molecule has 2 fully saturated rings. The van der Waals surface area contributed by atoms with Gasteiger partial charge in [0.15, 0.2) is 0 Å². The number of ether oxygens (including phenoxy) is 1. The minimum Gasteiger partial charge on any atom is -0.481 e. The number of aliphatic hydroxyl groups is 1. The van der Waals surface area contributed by atoms with Gasteiger partial charge in [-0.15, -0.1) is 0 Å². The first kappa shape index (κ1) is 24.6. The van der Waals surface area contributed by atoms with Crippen molar-refractivity contribution in [1.82, 2.24) is 4.90 Å². The highest BCUT2D eigenvalue weighted by molar-refractivity contribution is 9.10. The predicted octanol–water partition coefficient (Wildman–Crippen LogP) is 4.95. The Hall–Kier alpha value is -2.00. The molecule has 6 nitrogen and oxygen atoms in total. The van der Waals surface area contributed by atoms with Crippen LogP contribution in [0.4, 0.5) is 13.6 Å². The Morgan fingerprint density at radius 3 is 2.66 bits per heavy atom. The second-order valence-corrected chi connectivity index (χ2v) is 9.39. The molecular weight excluding hydrogens is 488 g/mol. The molecule has 1 aromatic rings.